The number of hydrogen-bond acceptors (Lipinski definition) is 2. The van der Waals surface area contributed by atoms with E-state index in [1.54, 1.807) is 6.07 Å². The summed E-state index contributed by atoms with van der Waals surface area (Å²) < 4.78 is 25.3. The first-order chi connectivity index (χ1) is 6.74. The third-order valence-electron chi connectivity index (χ3n) is 1.88. The standard InChI is InChI=1S/C10H14F2N2/c1-13-7-14-5-4-8-2-3-9(11)10(12)6-8/h2-3,6,13-14H,4-5,7H2,1H3. The lowest BCUT2D eigenvalue weighted by atomic mass is 10.1. The molecular formula is C10H14F2N2. The molecule has 14 heavy (non-hydrogen) atoms. The molecule has 2 N–H and O–H groups in total. The summed E-state index contributed by atoms with van der Waals surface area (Å²) in [5.74, 6) is -1.58. The van der Waals surface area contributed by atoms with E-state index in [2.05, 4.69) is 10.6 Å². The molecule has 0 aliphatic heterocycles. The summed E-state index contributed by atoms with van der Waals surface area (Å²) in [4.78, 5) is 0. The van der Waals surface area contributed by atoms with Gasteiger partial charge in [-0.15, -0.1) is 0 Å². The predicted molar refractivity (Wildman–Crippen MR) is 52.0 cm³/mol. The summed E-state index contributed by atoms with van der Waals surface area (Å²) in [7, 11) is 1.84. The summed E-state index contributed by atoms with van der Waals surface area (Å²) >= 11 is 0. The lowest BCUT2D eigenvalue weighted by Crippen LogP contribution is -2.27. The van der Waals surface area contributed by atoms with Gasteiger partial charge in [-0.3, -0.25) is 0 Å². The molecule has 0 atom stereocenters. The van der Waals surface area contributed by atoms with Gasteiger partial charge in [0.05, 0.1) is 0 Å². The van der Waals surface area contributed by atoms with Gasteiger partial charge in [0.15, 0.2) is 11.6 Å². The molecule has 0 saturated heterocycles. The Kier molecular flexibility index (Phi) is 4.49. The van der Waals surface area contributed by atoms with Crippen LogP contribution in [0.3, 0.4) is 0 Å². The van der Waals surface area contributed by atoms with Crippen LogP contribution in [0.5, 0.6) is 0 Å². The van der Waals surface area contributed by atoms with E-state index < -0.39 is 11.6 Å². The van der Waals surface area contributed by atoms with Crippen molar-refractivity contribution in [2.24, 2.45) is 0 Å². The first kappa shape index (κ1) is 11.1. The minimum absolute atomic E-state index is 0.693. The van der Waals surface area contributed by atoms with Crippen LogP contribution in [0, 0.1) is 11.6 Å². The number of benzene rings is 1. The molecule has 78 valence electrons. The second kappa shape index (κ2) is 5.67. The van der Waals surface area contributed by atoms with E-state index >= 15 is 0 Å². The van der Waals surface area contributed by atoms with Crippen LogP contribution in [-0.4, -0.2) is 20.3 Å². The Bertz CT molecular complexity index is 289. The van der Waals surface area contributed by atoms with Gasteiger partial charge in [0.2, 0.25) is 0 Å². The molecule has 1 aromatic rings. The van der Waals surface area contributed by atoms with Crippen molar-refractivity contribution < 1.29 is 8.78 Å². The number of nitrogens with one attached hydrogen (secondary N) is 2. The van der Waals surface area contributed by atoms with Crippen LogP contribution in [0.25, 0.3) is 0 Å². The quantitative estimate of drug-likeness (QED) is 0.552. The Balaban J connectivity index is 2.39. The van der Waals surface area contributed by atoms with E-state index in [1.807, 2.05) is 7.05 Å². The van der Waals surface area contributed by atoms with Gasteiger partial charge in [0.25, 0.3) is 0 Å². The molecule has 0 aromatic heterocycles. The fourth-order valence-corrected chi connectivity index (χ4v) is 1.14. The average molecular weight is 200 g/mol. The second-order valence-corrected chi connectivity index (χ2v) is 3.03. The van der Waals surface area contributed by atoms with Gasteiger partial charge in [-0.25, -0.2) is 8.78 Å². The third kappa shape index (κ3) is 3.40. The zero-order valence-electron chi connectivity index (χ0n) is 8.11. The Morgan fingerprint density at radius 3 is 2.64 bits per heavy atom. The van der Waals surface area contributed by atoms with Crippen LogP contribution < -0.4 is 10.6 Å². The molecule has 0 saturated carbocycles. The van der Waals surface area contributed by atoms with Gasteiger partial charge in [0.1, 0.15) is 0 Å². The largest absolute Gasteiger partial charge is 0.308 e. The molecule has 0 heterocycles. The summed E-state index contributed by atoms with van der Waals surface area (Å²) in [6.07, 6.45) is 0.693. The van der Waals surface area contributed by atoms with Crippen molar-refractivity contribution in [3.63, 3.8) is 0 Å². The molecule has 1 aromatic carbocycles. The van der Waals surface area contributed by atoms with E-state index in [0.717, 1.165) is 18.2 Å². The Morgan fingerprint density at radius 1 is 1.21 bits per heavy atom. The van der Waals surface area contributed by atoms with Gasteiger partial charge in [-0.2, -0.15) is 0 Å². The highest BCUT2D eigenvalue weighted by atomic mass is 19.2. The predicted octanol–water partition coefficient (Wildman–Crippen LogP) is 1.27. The van der Waals surface area contributed by atoms with Crippen molar-refractivity contribution in [1.29, 1.82) is 0 Å². The van der Waals surface area contributed by atoms with E-state index in [1.165, 1.54) is 6.07 Å². The van der Waals surface area contributed by atoms with Gasteiger partial charge in [-0.05, 0) is 31.2 Å². The van der Waals surface area contributed by atoms with E-state index in [4.69, 9.17) is 0 Å². The maximum absolute atomic E-state index is 12.7. The lowest BCUT2D eigenvalue weighted by molar-refractivity contribution is 0.506. The number of hydrogen-bond donors (Lipinski definition) is 2. The molecule has 0 aliphatic rings. The molecule has 0 amide bonds. The topological polar surface area (TPSA) is 24.1 Å². The molecule has 2 nitrogen and oxygen atoms in total. The van der Waals surface area contributed by atoms with Gasteiger partial charge < -0.3 is 10.6 Å². The van der Waals surface area contributed by atoms with Crippen LogP contribution >= 0.6 is 0 Å². The molecule has 0 unspecified atom stereocenters. The van der Waals surface area contributed by atoms with Crippen molar-refractivity contribution in [3.05, 3.63) is 35.4 Å². The molecule has 1 rings (SSSR count). The normalized spacial score (nSPS) is 10.5. The van der Waals surface area contributed by atoms with E-state index in [-0.39, 0.29) is 0 Å². The van der Waals surface area contributed by atoms with Crippen LogP contribution in [-0.2, 0) is 6.42 Å². The summed E-state index contributed by atoms with van der Waals surface area (Å²) in [6.45, 7) is 1.45. The van der Waals surface area contributed by atoms with Crippen LogP contribution in [0.1, 0.15) is 5.56 Å². The number of halogens is 2. The molecule has 4 heteroatoms. The summed E-state index contributed by atoms with van der Waals surface area (Å²) in [6, 6.07) is 3.98. The highest BCUT2D eigenvalue weighted by molar-refractivity contribution is 5.17. The fraction of sp³-hybridized carbons (Fsp3) is 0.400. The zero-order valence-corrected chi connectivity index (χ0v) is 8.11. The molecule has 0 fully saturated rings. The van der Waals surface area contributed by atoms with Crippen molar-refractivity contribution in [3.8, 4) is 0 Å². The van der Waals surface area contributed by atoms with Gasteiger partial charge in [0, 0.05) is 13.2 Å². The SMILES string of the molecule is CNCNCCc1ccc(F)c(F)c1. The van der Waals surface area contributed by atoms with Gasteiger partial charge in [-0.1, -0.05) is 6.07 Å². The third-order valence-corrected chi connectivity index (χ3v) is 1.88. The monoisotopic (exact) mass is 200 g/mol. The van der Waals surface area contributed by atoms with Crippen LogP contribution in [0.4, 0.5) is 8.78 Å². The second-order valence-electron chi connectivity index (χ2n) is 3.03. The van der Waals surface area contributed by atoms with E-state index in [9.17, 15) is 8.78 Å². The fourth-order valence-electron chi connectivity index (χ4n) is 1.14. The lowest BCUT2D eigenvalue weighted by Gasteiger charge is -2.04. The zero-order chi connectivity index (χ0) is 10.4. The van der Waals surface area contributed by atoms with Crippen LogP contribution in [0.15, 0.2) is 18.2 Å². The molecule has 0 aliphatic carbocycles. The Morgan fingerprint density at radius 2 is 2.00 bits per heavy atom. The number of rotatable bonds is 5. The van der Waals surface area contributed by atoms with E-state index in [0.29, 0.717) is 13.1 Å². The molecule has 0 spiro atoms. The average Bonchev–Trinajstić information content (AvgIpc) is 2.18. The highest BCUT2D eigenvalue weighted by Gasteiger charge is 2.01. The molecule has 0 bridgehead atoms. The van der Waals surface area contributed by atoms with Crippen molar-refractivity contribution in [2.75, 3.05) is 20.3 Å². The molecule has 0 radical (unpaired) electrons. The Hall–Kier alpha value is -1.00. The first-order valence-electron chi connectivity index (χ1n) is 4.53. The van der Waals surface area contributed by atoms with Crippen molar-refractivity contribution in [2.45, 2.75) is 6.42 Å². The summed E-state index contributed by atoms with van der Waals surface area (Å²) in [5, 5.41) is 6.02. The van der Waals surface area contributed by atoms with Gasteiger partial charge >= 0.3 is 0 Å². The Labute approximate surface area is 82.3 Å². The molecular weight excluding hydrogens is 186 g/mol. The van der Waals surface area contributed by atoms with Crippen molar-refractivity contribution in [1.82, 2.24) is 10.6 Å². The van der Waals surface area contributed by atoms with Crippen molar-refractivity contribution >= 4 is 0 Å². The smallest absolute Gasteiger partial charge is 0.159 e. The minimum atomic E-state index is -0.795. The minimum Gasteiger partial charge on any atom is -0.308 e. The maximum Gasteiger partial charge on any atom is 0.159 e. The maximum atomic E-state index is 12.7. The summed E-state index contributed by atoms with van der Waals surface area (Å²) in [5.41, 5.74) is 0.799. The highest BCUT2D eigenvalue weighted by Crippen LogP contribution is 2.08. The first-order valence-corrected chi connectivity index (χ1v) is 4.53. The van der Waals surface area contributed by atoms with Crippen LogP contribution in [0.2, 0.25) is 0 Å².